The Morgan fingerprint density at radius 2 is 1.77 bits per heavy atom. The summed E-state index contributed by atoms with van der Waals surface area (Å²) in [6, 6.07) is 17.3. The lowest BCUT2D eigenvalue weighted by Crippen LogP contribution is -2.61. The number of nitriles is 1. The van der Waals surface area contributed by atoms with E-state index in [-0.39, 0.29) is 18.6 Å². The Balaban J connectivity index is 2.30. The predicted octanol–water partition coefficient (Wildman–Crippen LogP) is 1.92. The second-order valence-corrected chi connectivity index (χ2v) is 7.41. The van der Waals surface area contributed by atoms with Gasteiger partial charge in [-0.25, -0.2) is 4.79 Å². The van der Waals surface area contributed by atoms with E-state index >= 15 is 0 Å². The SMILES string of the molecule is N#Cc1ccc(N[C@@](CCC(N)=O)(NC(=O)C(CS)Cc2ccccc2)C(=O)O)cc1. The van der Waals surface area contributed by atoms with Gasteiger partial charge in [0, 0.05) is 24.3 Å². The van der Waals surface area contributed by atoms with E-state index in [0.717, 1.165) is 5.56 Å². The number of nitrogens with one attached hydrogen (secondary N) is 2. The number of nitrogens with two attached hydrogens (primary N) is 1. The zero-order chi connectivity index (χ0) is 22.9. The Kier molecular flexibility index (Phi) is 8.46. The Hall–Kier alpha value is -3.51. The number of primary amides is 1. The normalized spacial score (nSPS) is 13.3. The lowest BCUT2D eigenvalue weighted by atomic mass is 9.97. The molecule has 0 fully saturated rings. The number of anilines is 1. The molecule has 1 unspecified atom stereocenters. The Labute approximate surface area is 185 Å². The highest BCUT2D eigenvalue weighted by Crippen LogP contribution is 2.21. The minimum absolute atomic E-state index is 0.198. The molecule has 0 aromatic heterocycles. The van der Waals surface area contributed by atoms with Crippen molar-refractivity contribution in [2.75, 3.05) is 11.1 Å². The molecular formula is C22H24N4O4S. The van der Waals surface area contributed by atoms with Crippen LogP contribution in [-0.2, 0) is 20.8 Å². The molecule has 9 heteroatoms. The van der Waals surface area contributed by atoms with Gasteiger partial charge in [0.1, 0.15) is 0 Å². The number of nitrogens with zero attached hydrogens (tertiary/aromatic N) is 1. The molecule has 2 aromatic carbocycles. The second-order valence-electron chi connectivity index (χ2n) is 7.05. The van der Waals surface area contributed by atoms with Crippen LogP contribution in [0.4, 0.5) is 5.69 Å². The second kappa shape index (κ2) is 11.0. The van der Waals surface area contributed by atoms with Gasteiger partial charge in [-0.2, -0.15) is 17.9 Å². The van der Waals surface area contributed by atoms with E-state index < -0.39 is 29.4 Å². The lowest BCUT2D eigenvalue weighted by Gasteiger charge is -2.33. The van der Waals surface area contributed by atoms with E-state index in [1.165, 1.54) is 24.3 Å². The first-order chi connectivity index (χ1) is 14.8. The van der Waals surface area contributed by atoms with Crippen molar-refractivity contribution in [1.29, 1.82) is 5.26 Å². The number of hydrogen-bond donors (Lipinski definition) is 5. The van der Waals surface area contributed by atoms with Crippen LogP contribution in [0, 0.1) is 17.2 Å². The first-order valence-corrected chi connectivity index (χ1v) is 10.2. The average Bonchev–Trinajstić information content (AvgIpc) is 2.76. The zero-order valence-electron chi connectivity index (χ0n) is 16.7. The number of hydrogen-bond acceptors (Lipinski definition) is 6. The first kappa shape index (κ1) is 23.8. The van der Waals surface area contributed by atoms with Crippen molar-refractivity contribution in [2.45, 2.75) is 24.9 Å². The van der Waals surface area contributed by atoms with Crippen LogP contribution in [0.5, 0.6) is 0 Å². The van der Waals surface area contributed by atoms with Crippen LogP contribution in [0.3, 0.4) is 0 Å². The molecule has 8 nitrogen and oxygen atoms in total. The molecule has 0 radical (unpaired) electrons. The van der Waals surface area contributed by atoms with Crippen molar-refractivity contribution in [2.24, 2.45) is 11.7 Å². The fourth-order valence-corrected chi connectivity index (χ4v) is 3.30. The molecule has 0 heterocycles. The van der Waals surface area contributed by atoms with Gasteiger partial charge in [0.2, 0.25) is 17.5 Å². The monoisotopic (exact) mass is 440 g/mol. The Morgan fingerprint density at radius 3 is 2.29 bits per heavy atom. The highest BCUT2D eigenvalue weighted by molar-refractivity contribution is 7.80. The van der Waals surface area contributed by atoms with Crippen molar-refractivity contribution in [3.63, 3.8) is 0 Å². The minimum atomic E-state index is -1.97. The van der Waals surface area contributed by atoms with Gasteiger partial charge >= 0.3 is 5.97 Å². The largest absolute Gasteiger partial charge is 0.478 e. The van der Waals surface area contributed by atoms with E-state index in [0.29, 0.717) is 17.7 Å². The average molecular weight is 441 g/mol. The smallest absolute Gasteiger partial charge is 0.350 e. The molecule has 0 saturated heterocycles. The van der Waals surface area contributed by atoms with Crippen molar-refractivity contribution >= 4 is 36.1 Å². The van der Waals surface area contributed by atoms with Crippen LogP contribution in [0.1, 0.15) is 24.0 Å². The van der Waals surface area contributed by atoms with Gasteiger partial charge in [0.05, 0.1) is 17.6 Å². The van der Waals surface area contributed by atoms with Crippen LogP contribution < -0.4 is 16.4 Å². The van der Waals surface area contributed by atoms with Gasteiger partial charge in [-0.3, -0.25) is 9.59 Å². The molecular weight excluding hydrogens is 416 g/mol. The molecule has 5 N–H and O–H groups in total. The fourth-order valence-electron chi connectivity index (χ4n) is 3.01. The summed E-state index contributed by atoms with van der Waals surface area (Å²) in [4.78, 5) is 36.6. The lowest BCUT2D eigenvalue weighted by molar-refractivity contribution is -0.147. The first-order valence-electron chi connectivity index (χ1n) is 9.56. The van der Waals surface area contributed by atoms with Gasteiger partial charge in [-0.05, 0) is 36.2 Å². The van der Waals surface area contributed by atoms with E-state index in [4.69, 9.17) is 11.0 Å². The molecule has 2 amide bonds. The maximum Gasteiger partial charge on any atom is 0.350 e. The van der Waals surface area contributed by atoms with E-state index in [1.54, 1.807) is 0 Å². The molecule has 0 aliphatic carbocycles. The number of carbonyl (C=O) groups is 3. The van der Waals surface area contributed by atoms with Gasteiger partial charge < -0.3 is 21.5 Å². The third-order valence-corrected chi connectivity index (χ3v) is 5.18. The Bertz CT molecular complexity index is 960. The van der Waals surface area contributed by atoms with Gasteiger partial charge in [-0.1, -0.05) is 30.3 Å². The van der Waals surface area contributed by atoms with Crippen LogP contribution in [-0.4, -0.2) is 34.3 Å². The molecule has 2 atom stereocenters. The topological polar surface area (TPSA) is 145 Å². The summed E-state index contributed by atoms with van der Waals surface area (Å²) in [5.41, 5.74) is 4.92. The highest BCUT2D eigenvalue weighted by atomic mass is 32.1. The molecule has 0 aliphatic heterocycles. The standard InChI is InChI=1S/C22H24N4O4S/c23-13-16-6-8-18(9-7-16)25-22(21(29)30,11-10-19(24)27)26-20(28)17(14-31)12-15-4-2-1-3-5-15/h1-9,17,25,31H,10-12,14H2,(H2,24,27)(H,26,28)(H,29,30)/t17?,22-/m0/s1. The van der Waals surface area contributed by atoms with Gasteiger partial charge in [-0.15, -0.1) is 0 Å². The summed E-state index contributed by atoms with van der Waals surface area (Å²) in [6.07, 6.45) is -0.160. The number of amides is 2. The maximum absolute atomic E-state index is 13.0. The van der Waals surface area contributed by atoms with Crippen molar-refractivity contribution in [3.05, 3.63) is 65.7 Å². The summed E-state index contributed by atoms with van der Waals surface area (Å²) >= 11 is 4.26. The van der Waals surface area contributed by atoms with Crippen molar-refractivity contribution in [3.8, 4) is 6.07 Å². The minimum Gasteiger partial charge on any atom is -0.478 e. The summed E-state index contributed by atoms with van der Waals surface area (Å²) in [5.74, 6) is -2.99. The predicted molar refractivity (Wildman–Crippen MR) is 119 cm³/mol. The van der Waals surface area contributed by atoms with Crippen LogP contribution in [0.15, 0.2) is 54.6 Å². The molecule has 162 valence electrons. The summed E-state index contributed by atoms with van der Waals surface area (Å²) in [5, 5.41) is 24.3. The van der Waals surface area contributed by atoms with E-state index in [2.05, 4.69) is 23.3 Å². The van der Waals surface area contributed by atoms with Crippen LogP contribution >= 0.6 is 12.6 Å². The molecule has 2 rings (SSSR count). The third-order valence-electron chi connectivity index (χ3n) is 4.74. The molecule has 2 aromatic rings. The number of rotatable bonds is 11. The zero-order valence-corrected chi connectivity index (χ0v) is 17.6. The van der Waals surface area contributed by atoms with Crippen LogP contribution in [0.25, 0.3) is 0 Å². The van der Waals surface area contributed by atoms with E-state index in [1.807, 2.05) is 36.4 Å². The summed E-state index contributed by atoms with van der Waals surface area (Å²) in [6.45, 7) is 0. The van der Waals surface area contributed by atoms with Crippen molar-refractivity contribution in [1.82, 2.24) is 5.32 Å². The number of carboxylic acid groups (broad SMARTS) is 1. The van der Waals surface area contributed by atoms with Crippen LogP contribution in [0.2, 0.25) is 0 Å². The molecule has 0 bridgehead atoms. The number of aliphatic carboxylic acids is 1. The number of benzene rings is 2. The van der Waals surface area contributed by atoms with E-state index in [9.17, 15) is 19.5 Å². The Morgan fingerprint density at radius 1 is 1.13 bits per heavy atom. The maximum atomic E-state index is 13.0. The third kappa shape index (κ3) is 6.76. The molecule has 0 saturated carbocycles. The number of carbonyl (C=O) groups excluding carboxylic acids is 2. The van der Waals surface area contributed by atoms with Gasteiger partial charge in [0.15, 0.2) is 0 Å². The summed E-state index contributed by atoms with van der Waals surface area (Å²) in [7, 11) is 0. The van der Waals surface area contributed by atoms with Gasteiger partial charge in [0.25, 0.3) is 0 Å². The number of carboxylic acids is 1. The molecule has 31 heavy (non-hydrogen) atoms. The highest BCUT2D eigenvalue weighted by Gasteiger charge is 2.41. The molecule has 0 aliphatic rings. The summed E-state index contributed by atoms with van der Waals surface area (Å²) < 4.78 is 0. The fraction of sp³-hybridized carbons (Fsp3) is 0.273. The molecule has 0 spiro atoms. The number of thiol groups is 1. The van der Waals surface area contributed by atoms with Crippen molar-refractivity contribution < 1.29 is 19.5 Å². The quantitative estimate of drug-likeness (QED) is 0.267.